The average molecular weight is 209 g/mol. The zero-order valence-corrected chi connectivity index (χ0v) is 8.71. The Labute approximate surface area is 84.4 Å². The standard InChI is InChI=1S/C10H11NO2S/c1-14(12,13)11-7-6-9-4-2-3-5-10(9)8-11/h2-5H,6,8H2,1H3. The minimum Gasteiger partial charge on any atom is -0.212 e. The van der Waals surface area contributed by atoms with Crippen molar-refractivity contribution in [3.8, 4) is 0 Å². The van der Waals surface area contributed by atoms with Crippen molar-refractivity contribution in [1.29, 1.82) is 0 Å². The van der Waals surface area contributed by atoms with Gasteiger partial charge in [-0.15, -0.1) is 0 Å². The molecule has 2 radical (unpaired) electrons. The molecule has 74 valence electrons. The average Bonchev–Trinajstić information content (AvgIpc) is 2.16. The van der Waals surface area contributed by atoms with Crippen LogP contribution >= 0.6 is 0 Å². The Balaban J connectivity index is 2.30. The predicted octanol–water partition coefficient (Wildman–Crippen LogP) is 1.04. The molecule has 1 heterocycles. The minimum atomic E-state index is -3.15. The number of hydrogen-bond donors (Lipinski definition) is 0. The lowest BCUT2D eigenvalue weighted by atomic mass is 10.0. The van der Waals surface area contributed by atoms with Gasteiger partial charge in [-0.05, 0) is 17.5 Å². The van der Waals surface area contributed by atoms with Gasteiger partial charge in [-0.3, -0.25) is 0 Å². The smallest absolute Gasteiger partial charge is 0.212 e. The highest BCUT2D eigenvalue weighted by atomic mass is 32.2. The zero-order chi connectivity index (χ0) is 10.2. The van der Waals surface area contributed by atoms with E-state index in [1.807, 2.05) is 24.3 Å². The van der Waals surface area contributed by atoms with Crippen LogP contribution in [0.4, 0.5) is 0 Å². The largest absolute Gasteiger partial charge is 0.212 e. The molecule has 0 saturated heterocycles. The molecule has 0 bridgehead atoms. The summed E-state index contributed by atoms with van der Waals surface area (Å²) in [6.45, 7) is 3.27. The van der Waals surface area contributed by atoms with Crippen molar-refractivity contribution in [2.75, 3.05) is 6.26 Å². The van der Waals surface area contributed by atoms with Gasteiger partial charge in [-0.1, -0.05) is 24.3 Å². The third-order valence-corrected chi connectivity index (χ3v) is 3.34. The normalized spacial score (nSPS) is 17.8. The predicted molar refractivity (Wildman–Crippen MR) is 53.8 cm³/mol. The van der Waals surface area contributed by atoms with E-state index in [-0.39, 0.29) is 0 Å². The fourth-order valence-electron chi connectivity index (χ4n) is 1.50. The maximum atomic E-state index is 11.3. The summed E-state index contributed by atoms with van der Waals surface area (Å²) in [6, 6.07) is 7.83. The fraction of sp³-hybridized carbons (Fsp3) is 0.300. The highest BCUT2D eigenvalue weighted by Crippen LogP contribution is 2.22. The third kappa shape index (κ3) is 1.81. The summed E-state index contributed by atoms with van der Waals surface area (Å²) in [5.74, 6) is 0. The molecule has 0 fully saturated rings. The number of rotatable bonds is 1. The van der Waals surface area contributed by atoms with Gasteiger partial charge in [0.25, 0.3) is 0 Å². The molecule has 3 nitrogen and oxygen atoms in total. The maximum Gasteiger partial charge on any atom is 0.212 e. The molecule has 0 aliphatic carbocycles. The van der Waals surface area contributed by atoms with Gasteiger partial charge in [0.2, 0.25) is 10.0 Å². The Kier molecular flexibility index (Phi) is 2.33. The van der Waals surface area contributed by atoms with Crippen molar-refractivity contribution >= 4 is 10.0 Å². The zero-order valence-electron chi connectivity index (χ0n) is 7.90. The second-order valence-corrected chi connectivity index (χ2v) is 5.28. The summed E-state index contributed by atoms with van der Waals surface area (Å²) in [7, 11) is -3.15. The first kappa shape index (κ1) is 9.68. The molecule has 1 aromatic rings. The van der Waals surface area contributed by atoms with Crippen LogP contribution in [-0.2, 0) is 23.0 Å². The minimum absolute atomic E-state index is 0.412. The summed E-state index contributed by atoms with van der Waals surface area (Å²) in [4.78, 5) is 0. The molecule has 0 saturated carbocycles. The summed E-state index contributed by atoms with van der Waals surface area (Å²) in [5, 5.41) is 0. The van der Waals surface area contributed by atoms with Crippen molar-refractivity contribution in [2.24, 2.45) is 0 Å². The van der Waals surface area contributed by atoms with E-state index in [2.05, 4.69) is 6.54 Å². The van der Waals surface area contributed by atoms with Crippen LogP contribution in [0.1, 0.15) is 11.1 Å². The van der Waals surface area contributed by atoms with Gasteiger partial charge in [0, 0.05) is 6.54 Å². The van der Waals surface area contributed by atoms with Crippen LogP contribution in [0.2, 0.25) is 0 Å². The van der Waals surface area contributed by atoms with Gasteiger partial charge >= 0.3 is 0 Å². The lowest BCUT2D eigenvalue weighted by Crippen LogP contribution is -2.31. The van der Waals surface area contributed by atoms with Gasteiger partial charge < -0.3 is 0 Å². The first-order valence-corrected chi connectivity index (χ1v) is 6.20. The second kappa shape index (κ2) is 3.37. The monoisotopic (exact) mass is 209 g/mol. The van der Waals surface area contributed by atoms with Crippen LogP contribution in [0.25, 0.3) is 0 Å². The fourth-order valence-corrected chi connectivity index (χ4v) is 2.18. The third-order valence-electron chi connectivity index (χ3n) is 2.28. The molecule has 0 amide bonds. The summed E-state index contributed by atoms with van der Waals surface area (Å²) in [5.41, 5.74) is 2.23. The van der Waals surface area contributed by atoms with Gasteiger partial charge in [0.05, 0.1) is 12.8 Å². The molecular formula is C10H11NO2S. The van der Waals surface area contributed by atoms with Crippen LogP contribution in [0.15, 0.2) is 24.3 Å². The van der Waals surface area contributed by atoms with Crippen LogP contribution in [0.5, 0.6) is 0 Å². The van der Waals surface area contributed by atoms with E-state index < -0.39 is 10.0 Å². The lowest BCUT2D eigenvalue weighted by molar-refractivity contribution is 0.448. The number of fused-ring (bicyclic) bond motifs is 1. The van der Waals surface area contributed by atoms with E-state index >= 15 is 0 Å². The maximum absolute atomic E-state index is 11.3. The van der Waals surface area contributed by atoms with Crippen LogP contribution in [0.3, 0.4) is 0 Å². The van der Waals surface area contributed by atoms with Gasteiger partial charge in [-0.2, -0.15) is 4.31 Å². The highest BCUT2D eigenvalue weighted by molar-refractivity contribution is 7.88. The van der Waals surface area contributed by atoms with Crippen molar-refractivity contribution in [1.82, 2.24) is 4.31 Å². The van der Waals surface area contributed by atoms with E-state index in [0.29, 0.717) is 13.0 Å². The van der Waals surface area contributed by atoms with Crippen molar-refractivity contribution in [3.63, 3.8) is 0 Å². The van der Waals surface area contributed by atoms with E-state index in [1.165, 1.54) is 10.6 Å². The van der Waals surface area contributed by atoms with Crippen molar-refractivity contribution in [2.45, 2.75) is 13.0 Å². The van der Waals surface area contributed by atoms with Crippen LogP contribution in [-0.4, -0.2) is 19.0 Å². The Morgan fingerprint density at radius 2 is 1.93 bits per heavy atom. The number of sulfonamides is 1. The first-order valence-electron chi connectivity index (χ1n) is 4.35. The van der Waals surface area contributed by atoms with Gasteiger partial charge in [-0.25, -0.2) is 8.42 Å². The van der Waals surface area contributed by atoms with E-state index in [4.69, 9.17) is 0 Å². The van der Waals surface area contributed by atoms with Gasteiger partial charge in [0.15, 0.2) is 0 Å². The number of benzene rings is 1. The molecule has 1 aromatic carbocycles. The Morgan fingerprint density at radius 1 is 1.29 bits per heavy atom. The molecule has 14 heavy (non-hydrogen) atoms. The summed E-state index contributed by atoms with van der Waals surface area (Å²) >= 11 is 0. The Hall–Kier alpha value is -0.870. The molecule has 2 rings (SSSR count). The number of hydrogen-bond acceptors (Lipinski definition) is 2. The van der Waals surface area contributed by atoms with E-state index in [0.717, 1.165) is 11.1 Å². The van der Waals surface area contributed by atoms with Crippen LogP contribution in [0, 0.1) is 6.54 Å². The molecule has 0 atom stereocenters. The molecule has 0 spiro atoms. The second-order valence-electron chi connectivity index (χ2n) is 3.37. The van der Waals surface area contributed by atoms with Crippen molar-refractivity contribution in [3.05, 3.63) is 41.9 Å². The SMILES string of the molecule is CS(=O)(=O)N1[C]Cc2ccccc2C1. The summed E-state index contributed by atoms with van der Waals surface area (Å²) < 4.78 is 23.8. The highest BCUT2D eigenvalue weighted by Gasteiger charge is 2.23. The van der Waals surface area contributed by atoms with E-state index in [1.54, 1.807) is 0 Å². The quantitative estimate of drug-likeness (QED) is 0.693. The molecule has 0 aromatic heterocycles. The lowest BCUT2D eigenvalue weighted by Gasteiger charge is -2.25. The van der Waals surface area contributed by atoms with Crippen LogP contribution < -0.4 is 0 Å². The number of nitrogens with zero attached hydrogens (tertiary/aromatic N) is 1. The molecule has 4 heteroatoms. The molecule has 1 aliphatic heterocycles. The topological polar surface area (TPSA) is 37.4 Å². The van der Waals surface area contributed by atoms with Crippen molar-refractivity contribution < 1.29 is 8.42 Å². The Bertz CT molecular complexity index is 439. The molecule has 1 aliphatic rings. The summed E-state index contributed by atoms with van der Waals surface area (Å²) in [6.07, 6.45) is 1.77. The van der Waals surface area contributed by atoms with E-state index in [9.17, 15) is 8.42 Å². The molecular weight excluding hydrogens is 198 g/mol. The Morgan fingerprint density at radius 3 is 2.57 bits per heavy atom. The van der Waals surface area contributed by atoms with Gasteiger partial charge in [0.1, 0.15) is 0 Å². The molecule has 0 unspecified atom stereocenters. The molecule has 0 N–H and O–H groups in total. The first-order chi connectivity index (χ1) is 6.57.